The molecule has 1 fully saturated rings. The van der Waals surface area contributed by atoms with Gasteiger partial charge in [0.05, 0.1) is 34.1 Å². The third-order valence-electron chi connectivity index (χ3n) is 8.72. The fourth-order valence-corrected chi connectivity index (χ4v) is 6.70. The van der Waals surface area contributed by atoms with Crippen LogP contribution in [0.4, 0.5) is 0 Å². The van der Waals surface area contributed by atoms with Crippen molar-refractivity contribution in [1.82, 2.24) is 10.2 Å². The van der Waals surface area contributed by atoms with Crippen LogP contribution in [0.5, 0.6) is 5.75 Å². The van der Waals surface area contributed by atoms with Gasteiger partial charge in [0.15, 0.2) is 11.5 Å². The zero-order valence-electron chi connectivity index (χ0n) is 22.2. The lowest BCUT2D eigenvalue weighted by Crippen LogP contribution is -2.73. The van der Waals surface area contributed by atoms with Gasteiger partial charge in [-0.05, 0) is 55.9 Å². The number of benzene rings is 2. The van der Waals surface area contributed by atoms with E-state index in [2.05, 4.69) is 12.2 Å². The SMILES string of the molecule is CC1CCC(C(=O)[C@@H](CN2C(=O)c3ccccc3C2=O)[C@@H](C)O)(C(C)C)C2(C1)NC(=O)c1ccccc1O2. The van der Waals surface area contributed by atoms with Gasteiger partial charge in [0, 0.05) is 13.0 Å². The summed E-state index contributed by atoms with van der Waals surface area (Å²) in [5.41, 5.74) is -1.57. The summed E-state index contributed by atoms with van der Waals surface area (Å²) in [4.78, 5) is 55.4. The van der Waals surface area contributed by atoms with Crippen LogP contribution in [-0.4, -0.2) is 51.9 Å². The first kappa shape index (κ1) is 26.1. The summed E-state index contributed by atoms with van der Waals surface area (Å²) in [6, 6.07) is 13.5. The molecular formula is C30H34N2O6. The van der Waals surface area contributed by atoms with E-state index >= 15 is 0 Å². The van der Waals surface area contributed by atoms with Crippen molar-refractivity contribution in [1.29, 1.82) is 0 Å². The first-order chi connectivity index (χ1) is 18.0. The minimum atomic E-state index is -1.34. The number of imide groups is 1. The smallest absolute Gasteiger partial charge is 0.261 e. The highest BCUT2D eigenvalue weighted by atomic mass is 16.5. The van der Waals surface area contributed by atoms with E-state index in [1.807, 2.05) is 13.8 Å². The standard InChI is InChI=1S/C30H34N2O6/c1-17(2)29(14-13-18(3)15-30(29)31-26(35)22-11-7-8-12-24(22)38-30)25(34)23(19(4)33)16-32-27(36)20-9-5-6-10-21(20)28(32)37/h5-12,17-19,23,33H,13-16H2,1-4H3,(H,31,35)/t18?,19-,23+,29?,30?/m1/s1. The van der Waals surface area contributed by atoms with Gasteiger partial charge in [0.2, 0.25) is 0 Å². The number of Topliss-reactive ketones (excluding diaryl/α,β-unsaturated/α-hetero) is 1. The number of ketones is 1. The van der Waals surface area contributed by atoms with Crippen LogP contribution in [-0.2, 0) is 4.79 Å². The zero-order valence-corrected chi connectivity index (χ0v) is 22.2. The van der Waals surface area contributed by atoms with Crippen molar-refractivity contribution in [3.8, 4) is 5.75 Å². The molecule has 2 aromatic carbocycles. The number of hydrogen-bond donors (Lipinski definition) is 2. The van der Waals surface area contributed by atoms with Gasteiger partial charge in [-0.15, -0.1) is 0 Å². The first-order valence-corrected chi connectivity index (χ1v) is 13.3. The van der Waals surface area contributed by atoms with E-state index in [-0.39, 0.29) is 41.2 Å². The summed E-state index contributed by atoms with van der Waals surface area (Å²) in [5.74, 6) is -2.35. The quantitative estimate of drug-likeness (QED) is 0.562. The molecule has 2 heterocycles. The molecule has 5 rings (SSSR count). The maximum atomic E-state index is 14.7. The third-order valence-corrected chi connectivity index (χ3v) is 8.72. The fourth-order valence-electron chi connectivity index (χ4n) is 6.70. The predicted octanol–water partition coefficient (Wildman–Crippen LogP) is 3.83. The van der Waals surface area contributed by atoms with Gasteiger partial charge in [0.25, 0.3) is 17.7 Å². The number of carbonyl (C=O) groups is 4. The number of aliphatic hydroxyl groups excluding tert-OH is 1. The van der Waals surface area contributed by atoms with Gasteiger partial charge < -0.3 is 15.2 Å². The molecule has 8 nitrogen and oxygen atoms in total. The number of nitrogens with one attached hydrogen (secondary N) is 1. The molecule has 0 aromatic heterocycles. The van der Waals surface area contributed by atoms with Crippen molar-refractivity contribution in [2.24, 2.45) is 23.2 Å². The van der Waals surface area contributed by atoms with E-state index in [1.54, 1.807) is 48.5 Å². The Balaban J connectivity index is 1.57. The monoisotopic (exact) mass is 518 g/mol. The number of nitrogens with zero attached hydrogens (tertiary/aromatic N) is 1. The molecule has 2 N–H and O–H groups in total. The van der Waals surface area contributed by atoms with Gasteiger partial charge in [-0.25, -0.2) is 0 Å². The molecule has 3 amide bonds. The van der Waals surface area contributed by atoms with Crippen LogP contribution in [0.3, 0.4) is 0 Å². The summed E-state index contributed by atoms with van der Waals surface area (Å²) in [7, 11) is 0. The van der Waals surface area contributed by atoms with Gasteiger partial charge in [0.1, 0.15) is 5.75 Å². The van der Waals surface area contributed by atoms with Gasteiger partial charge in [-0.1, -0.05) is 45.0 Å². The van der Waals surface area contributed by atoms with E-state index in [9.17, 15) is 24.3 Å². The number of para-hydroxylation sites is 1. The Hall–Kier alpha value is -3.52. The highest BCUT2D eigenvalue weighted by molar-refractivity contribution is 6.21. The molecule has 3 unspecified atom stereocenters. The Morgan fingerprint density at radius 1 is 1.03 bits per heavy atom. The molecule has 2 aromatic rings. The predicted molar refractivity (Wildman–Crippen MR) is 140 cm³/mol. The zero-order chi connectivity index (χ0) is 27.4. The average molecular weight is 519 g/mol. The van der Waals surface area contributed by atoms with Crippen LogP contribution < -0.4 is 10.1 Å². The summed E-state index contributed by atoms with van der Waals surface area (Å²) in [5, 5.41) is 14.0. The van der Waals surface area contributed by atoms with Crippen LogP contribution in [0, 0.1) is 23.2 Å². The minimum absolute atomic E-state index is 0.168. The Labute approximate surface area is 222 Å². The lowest BCUT2D eigenvalue weighted by atomic mass is 9.54. The van der Waals surface area contributed by atoms with E-state index in [4.69, 9.17) is 4.74 Å². The minimum Gasteiger partial charge on any atom is -0.466 e. The van der Waals surface area contributed by atoms with Crippen molar-refractivity contribution in [2.45, 2.75) is 58.8 Å². The molecule has 0 bridgehead atoms. The van der Waals surface area contributed by atoms with Crippen LogP contribution in [0.15, 0.2) is 48.5 Å². The van der Waals surface area contributed by atoms with Crippen molar-refractivity contribution in [3.05, 3.63) is 65.2 Å². The average Bonchev–Trinajstić information content (AvgIpc) is 3.11. The Morgan fingerprint density at radius 3 is 2.18 bits per heavy atom. The molecule has 0 saturated heterocycles. The summed E-state index contributed by atoms with van der Waals surface area (Å²) in [6.07, 6.45) is 0.423. The Kier molecular flexibility index (Phi) is 6.42. The van der Waals surface area contributed by atoms with Crippen molar-refractivity contribution in [3.63, 3.8) is 0 Å². The molecule has 1 spiro atoms. The Bertz CT molecular complexity index is 1280. The molecule has 8 heteroatoms. The third kappa shape index (κ3) is 3.76. The maximum absolute atomic E-state index is 14.7. The van der Waals surface area contributed by atoms with Crippen molar-refractivity contribution >= 4 is 23.5 Å². The second-order valence-electron chi connectivity index (χ2n) is 11.3. The molecule has 1 saturated carbocycles. The van der Waals surface area contributed by atoms with Crippen molar-refractivity contribution < 1.29 is 29.0 Å². The molecule has 0 radical (unpaired) electrons. The molecule has 200 valence electrons. The lowest BCUT2D eigenvalue weighted by Gasteiger charge is -2.57. The molecule has 2 aliphatic heterocycles. The summed E-state index contributed by atoms with van der Waals surface area (Å²) >= 11 is 0. The fraction of sp³-hybridized carbons (Fsp3) is 0.467. The highest BCUT2D eigenvalue weighted by Gasteiger charge is 2.65. The number of rotatable bonds is 6. The van der Waals surface area contributed by atoms with Gasteiger partial charge in [-0.2, -0.15) is 0 Å². The van der Waals surface area contributed by atoms with E-state index < -0.39 is 35.0 Å². The highest BCUT2D eigenvalue weighted by Crippen LogP contribution is 2.55. The van der Waals surface area contributed by atoms with Crippen LogP contribution >= 0.6 is 0 Å². The van der Waals surface area contributed by atoms with E-state index in [1.165, 1.54) is 6.92 Å². The number of ether oxygens (including phenoxy) is 1. The molecular weight excluding hydrogens is 484 g/mol. The van der Waals surface area contributed by atoms with Crippen LogP contribution in [0.25, 0.3) is 0 Å². The van der Waals surface area contributed by atoms with Gasteiger partial charge >= 0.3 is 0 Å². The molecule has 1 aliphatic carbocycles. The molecule has 38 heavy (non-hydrogen) atoms. The number of carbonyl (C=O) groups excluding carboxylic acids is 4. The Morgan fingerprint density at radius 2 is 1.61 bits per heavy atom. The number of amides is 3. The number of aliphatic hydroxyl groups is 1. The largest absolute Gasteiger partial charge is 0.466 e. The van der Waals surface area contributed by atoms with E-state index in [0.717, 1.165) is 11.3 Å². The van der Waals surface area contributed by atoms with Gasteiger partial charge in [-0.3, -0.25) is 24.1 Å². The normalized spacial score (nSPS) is 28.0. The number of hydrogen-bond acceptors (Lipinski definition) is 6. The summed E-state index contributed by atoms with van der Waals surface area (Å²) < 4.78 is 6.61. The first-order valence-electron chi connectivity index (χ1n) is 13.3. The topological polar surface area (TPSA) is 113 Å². The second kappa shape index (κ2) is 9.34. The van der Waals surface area contributed by atoms with Crippen molar-refractivity contribution in [2.75, 3.05) is 6.54 Å². The lowest BCUT2D eigenvalue weighted by molar-refractivity contribution is -0.179. The molecule has 5 atom stereocenters. The number of fused-ring (bicyclic) bond motifs is 2. The van der Waals surface area contributed by atoms with Crippen LogP contribution in [0.2, 0.25) is 0 Å². The molecule has 3 aliphatic rings. The van der Waals surface area contributed by atoms with Crippen LogP contribution in [0.1, 0.15) is 78.0 Å². The second-order valence-corrected chi connectivity index (χ2v) is 11.3. The maximum Gasteiger partial charge on any atom is 0.261 e. The van der Waals surface area contributed by atoms with E-state index in [0.29, 0.717) is 24.2 Å². The summed E-state index contributed by atoms with van der Waals surface area (Å²) in [6.45, 7) is 7.16.